The lowest BCUT2D eigenvalue weighted by molar-refractivity contribution is -0.231. The molecule has 0 spiro atoms. The highest BCUT2D eigenvalue weighted by molar-refractivity contribution is 5.60. The van der Waals surface area contributed by atoms with Gasteiger partial charge in [0.15, 0.2) is 0 Å². The summed E-state index contributed by atoms with van der Waals surface area (Å²) in [5.41, 5.74) is 3.00. The van der Waals surface area contributed by atoms with Gasteiger partial charge in [-0.05, 0) is 29.2 Å². The van der Waals surface area contributed by atoms with Crippen LogP contribution in [0.25, 0.3) is 6.08 Å². The maximum absolute atomic E-state index is 10.1. The first-order valence-electron chi connectivity index (χ1n) is 6.71. The Bertz CT molecular complexity index is 525. The zero-order valence-corrected chi connectivity index (χ0v) is 10.9. The predicted octanol–water partition coefficient (Wildman–Crippen LogP) is -0.229. The summed E-state index contributed by atoms with van der Waals surface area (Å²) in [6, 6.07) is 5.72. The summed E-state index contributed by atoms with van der Waals surface area (Å²) in [5, 5.41) is 38.9. The average molecular weight is 278 g/mol. The number of allylic oxidation sites excluding steroid dienone is 1. The quantitative estimate of drug-likeness (QED) is 0.600. The van der Waals surface area contributed by atoms with Gasteiger partial charge in [-0.15, -0.1) is 0 Å². The van der Waals surface area contributed by atoms with Crippen molar-refractivity contribution >= 4 is 6.08 Å². The van der Waals surface area contributed by atoms with Crippen LogP contribution in [0.4, 0.5) is 0 Å². The van der Waals surface area contributed by atoms with Crippen molar-refractivity contribution in [3.63, 3.8) is 0 Å². The van der Waals surface area contributed by atoms with Crippen LogP contribution >= 0.6 is 0 Å². The summed E-state index contributed by atoms with van der Waals surface area (Å²) in [7, 11) is 0. The fourth-order valence-corrected chi connectivity index (χ4v) is 2.82. The van der Waals surface area contributed by atoms with Crippen molar-refractivity contribution in [3.05, 3.63) is 41.0 Å². The lowest BCUT2D eigenvalue weighted by atomic mass is 9.90. The van der Waals surface area contributed by atoms with Gasteiger partial charge in [0.05, 0.1) is 6.61 Å². The number of rotatable bonds is 2. The monoisotopic (exact) mass is 278 g/mol. The summed E-state index contributed by atoms with van der Waals surface area (Å²) in [6.07, 6.45) is -0.562. The lowest BCUT2D eigenvalue weighted by Gasteiger charge is -2.40. The molecule has 3 rings (SSSR count). The molecule has 5 nitrogen and oxygen atoms in total. The Morgan fingerprint density at radius 3 is 2.65 bits per heavy atom. The Kier molecular flexibility index (Phi) is 3.62. The number of hydrogen-bond donors (Lipinski definition) is 4. The Balaban J connectivity index is 1.90. The second kappa shape index (κ2) is 5.27. The van der Waals surface area contributed by atoms with Crippen molar-refractivity contribution in [2.45, 2.75) is 36.9 Å². The first kappa shape index (κ1) is 13.7. The molecular weight excluding hydrogens is 260 g/mol. The minimum absolute atomic E-state index is 0.410. The van der Waals surface area contributed by atoms with Gasteiger partial charge < -0.3 is 25.2 Å². The van der Waals surface area contributed by atoms with E-state index in [4.69, 9.17) is 4.74 Å². The molecule has 0 radical (unpaired) electrons. The molecule has 1 saturated heterocycles. The number of aliphatic hydroxyl groups excluding tert-OH is 4. The molecule has 5 heteroatoms. The fraction of sp³-hybridized carbons (Fsp3) is 0.467. The third-order valence-electron chi connectivity index (χ3n) is 4.03. The van der Waals surface area contributed by atoms with Crippen molar-refractivity contribution in [1.82, 2.24) is 0 Å². The molecule has 1 aromatic carbocycles. The highest BCUT2D eigenvalue weighted by Gasteiger charge is 2.43. The van der Waals surface area contributed by atoms with Crippen LogP contribution in [0.15, 0.2) is 24.3 Å². The van der Waals surface area contributed by atoms with Crippen LogP contribution in [-0.4, -0.2) is 51.4 Å². The van der Waals surface area contributed by atoms with Gasteiger partial charge in [-0.2, -0.15) is 0 Å². The second-order valence-electron chi connectivity index (χ2n) is 5.31. The van der Waals surface area contributed by atoms with E-state index in [-0.39, 0.29) is 0 Å². The molecule has 1 aliphatic heterocycles. The van der Waals surface area contributed by atoms with Gasteiger partial charge in [-0.3, -0.25) is 0 Å². The largest absolute Gasteiger partial charge is 0.394 e. The molecule has 0 aromatic heterocycles. The highest BCUT2D eigenvalue weighted by Crippen LogP contribution is 2.34. The molecule has 1 aromatic rings. The van der Waals surface area contributed by atoms with Gasteiger partial charge in [-0.1, -0.05) is 24.3 Å². The molecular formula is C15H18O5. The molecule has 0 saturated carbocycles. The van der Waals surface area contributed by atoms with E-state index in [9.17, 15) is 20.4 Å². The van der Waals surface area contributed by atoms with Crippen LogP contribution in [0.1, 0.15) is 22.8 Å². The molecule has 108 valence electrons. The van der Waals surface area contributed by atoms with Gasteiger partial charge >= 0.3 is 0 Å². The molecule has 1 aliphatic carbocycles. The van der Waals surface area contributed by atoms with Crippen LogP contribution in [0, 0.1) is 0 Å². The number of ether oxygens (including phenoxy) is 1. The van der Waals surface area contributed by atoms with Gasteiger partial charge in [0.25, 0.3) is 0 Å². The molecule has 20 heavy (non-hydrogen) atoms. The van der Waals surface area contributed by atoms with E-state index >= 15 is 0 Å². The van der Waals surface area contributed by atoms with E-state index in [0.29, 0.717) is 0 Å². The predicted molar refractivity (Wildman–Crippen MR) is 71.9 cm³/mol. The maximum Gasteiger partial charge on any atom is 0.113 e. The zero-order valence-electron chi connectivity index (χ0n) is 10.9. The molecule has 1 heterocycles. The summed E-state index contributed by atoms with van der Waals surface area (Å²) < 4.78 is 5.54. The van der Waals surface area contributed by atoms with E-state index in [2.05, 4.69) is 6.08 Å². The van der Waals surface area contributed by atoms with Crippen molar-refractivity contribution in [3.8, 4) is 0 Å². The molecule has 1 fully saturated rings. The molecule has 5 atom stereocenters. The molecule has 2 aliphatic rings. The maximum atomic E-state index is 10.1. The SMILES string of the molecule is OCC1OC(c2ccc3c(c2)C=CC3)C(O)C(O)C1O. The lowest BCUT2D eigenvalue weighted by Crippen LogP contribution is -2.55. The molecule has 0 bridgehead atoms. The van der Waals surface area contributed by atoms with Crippen molar-refractivity contribution < 1.29 is 25.2 Å². The Morgan fingerprint density at radius 2 is 1.90 bits per heavy atom. The first-order valence-corrected chi connectivity index (χ1v) is 6.71. The van der Waals surface area contributed by atoms with Gasteiger partial charge in [0.1, 0.15) is 30.5 Å². The third kappa shape index (κ3) is 2.17. The normalized spacial score (nSPS) is 36.1. The Labute approximate surface area is 116 Å². The molecule has 0 amide bonds. The number of aliphatic hydroxyl groups is 4. The van der Waals surface area contributed by atoms with E-state index in [1.807, 2.05) is 24.3 Å². The first-order chi connectivity index (χ1) is 9.61. The van der Waals surface area contributed by atoms with Crippen LogP contribution in [0.3, 0.4) is 0 Å². The van der Waals surface area contributed by atoms with Crippen LogP contribution in [0.5, 0.6) is 0 Å². The molecule has 5 unspecified atom stereocenters. The second-order valence-corrected chi connectivity index (χ2v) is 5.31. The summed E-state index contributed by atoms with van der Waals surface area (Å²) >= 11 is 0. The smallest absolute Gasteiger partial charge is 0.113 e. The van der Waals surface area contributed by atoms with Gasteiger partial charge in [0.2, 0.25) is 0 Å². The van der Waals surface area contributed by atoms with Gasteiger partial charge in [0, 0.05) is 0 Å². The zero-order chi connectivity index (χ0) is 14.3. The highest BCUT2D eigenvalue weighted by atomic mass is 16.5. The van der Waals surface area contributed by atoms with Crippen molar-refractivity contribution in [1.29, 1.82) is 0 Å². The number of benzene rings is 1. The van der Waals surface area contributed by atoms with E-state index in [0.717, 1.165) is 17.5 Å². The minimum atomic E-state index is -1.34. The Hall–Kier alpha value is -1.24. The standard InChI is InChI=1S/C15H18O5/c16-7-11-12(17)13(18)14(19)15(20-11)10-5-4-8-2-1-3-9(8)6-10/h1,3-6,11-19H,2,7H2. The average Bonchev–Trinajstić information content (AvgIpc) is 2.92. The summed E-state index contributed by atoms with van der Waals surface area (Å²) in [5.74, 6) is 0. The van der Waals surface area contributed by atoms with Crippen LogP contribution < -0.4 is 0 Å². The fourth-order valence-electron chi connectivity index (χ4n) is 2.82. The van der Waals surface area contributed by atoms with Crippen molar-refractivity contribution in [2.75, 3.05) is 6.61 Å². The minimum Gasteiger partial charge on any atom is -0.394 e. The van der Waals surface area contributed by atoms with E-state index in [1.165, 1.54) is 5.56 Å². The van der Waals surface area contributed by atoms with Gasteiger partial charge in [-0.25, -0.2) is 0 Å². The van der Waals surface area contributed by atoms with Crippen LogP contribution in [-0.2, 0) is 11.2 Å². The van der Waals surface area contributed by atoms with E-state index < -0.39 is 37.1 Å². The van der Waals surface area contributed by atoms with E-state index in [1.54, 1.807) is 0 Å². The topological polar surface area (TPSA) is 90.2 Å². The number of hydrogen-bond acceptors (Lipinski definition) is 5. The van der Waals surface area contributed by atoms with Crippen molar-refractivity contribution in [2.24, 2.45) is 0 Å². The Morgan fingerprint density at radius 1 is 1.10 bits per heavy atom. The summed E-state index contributed by atoms with van der Waals surface area (Å²) in [6.45, 7) is -0.410. The molecule has 4 N–H and O–H groups in total. The number of fused-ring (bicyclic) bond motifs is 1. The summed E-state index contributed by atoms with van der Waals surface area (Å²) in [4.78, 5) is 0. The van der Waals surface area contributed by atoms with Crippen LogP contribution in [0.2, 0.25) is 0 Å². The third-order valence-corrected chi connectivity index (χ3v) is 4.03.